The van der Waals surface area contributed by atoms with Gasteiger partial charge in [-0.3, -0.25) is 9.36 Å². The van der Waals surface area contributed by atoms with Gasteiger partial charge in [0.2, 0.25) is 5.91 Å². The first-order valence-corrected chi connectivity index (χ1v) is 19.4. The van der Waals surface area contributed by atoms with Gasteiger partial charge in [0.05, 0.1) is 46.0 Å². The van der Waals surface area contributed by atoms with Gasteiger partial charge in [0.1, 0.15) is 35.2 Å². The zero-order chi connectivity index (χ0) is 39.5. The minimum atomic E-state index is -1.62. The second-order valence-corrected chi connectivity index (χ2v) is 15.0. The molecule has 1 N–H and O–H groups in total. The second kappa shape index (κ2) is 19.3. The monoisotopic (exact) mass is 771 g/mol. The molecule has 4 atom stereocenters. The number of aromatic nitrogens is 2. The van der Waals surface area contributed by atoms with Crippen molar-refractivity contribution in [2.24, 2.45) is 0 Å². The molecule has 2 heterocycles. The molecule has 1 saturated heterocycles. The van der Waals surface area contributed by atoms with Gasteiger partial charge in [-0.2, -0.15) is 10.2 Å². The van der Waals surface area contributed by atoms with Crippen LogP contribution in [-0.4, -0.2) is 71.9 Å². The summed E-state index contributed by atoms with van der Waals surface area (Å²) in [6, 6.07) is 29.3. The van der Waals surface area contributed by atoms with Crippen LogP contribution in [0, 0.1) is 11.3 Å². The highest BCUT2D eigenvalue weighted by molar-refractivity contribution is 7.44. The number of methoxy groups -OCH3 is 2. The molecule has 13 nitrogen and oxygen atoms in total. The Balaban J connectivity index is 1.62. The van der Waals surface area contributed by atoms with Crippen LogP contribution in [0.4, 0.5) is 5.82 Å². The third-order valence-electron chi connectivity index (χ3n) is 9.14. The summed E-state index contributed by atoms with van der Waals surface area (Å²) in [6.07, 6.45) is -0.118. The van der Waals surface area contributed by atoms with E-state index in [2.05, 4.69) is 48.7 Å². The fourth-order valence-electron chi connectivity index (χ4n) is 6.73. The summed E-state index contributed by atoms with van der Waals surface area (Å²) in [5, 5.41) is 11.8. The average Bonchev–Trinajstić information content (AvgIpc) is 3.57. The Morgan fingerprint density at radius 1 is 0.945 bits per heavy atom. The Morgan fingerprint density at radius 2 is 1.53 bits per heavy atom. The number of carbonyl (C=O) groups excluding carboxylic acids is 1. The van der Waals surface area contributed by atoms with E-state index in [9.17, 15) is 14.9 Å². The lowest BCUT2D eigenvalue weighted by atomic mass is 9.79. The number of carbonyl (C=O) groups is 1. The standard InChI is InChI=1S/C41H50N5O8P/c1-28(2)46(29(3)4)55(51-25-11-23-42)52-27-37-36(26-39(53-37)45-24-22-38(43-30(5)47)44-40(45)48)54-41(31-12-9-8-10-13-31,32-14-18-34(49-6)19-15-32)33-16-20-35(50-7)21-17-33/h8-10,12-22,24,28-29,36-37,39H,11,25-27H2,1-7H3,(H,43,44,47,48)/t36-,37+,39+,55?/m0/s1. The molecule has 1 fully saturated rings. The third kappa shape index (κ3) is 9.96. The van der Waals surface area contributed by atoms with E-state index in [1.54, 1.807) is 26.5 Å². The van der Waals surface area contributed by atoms with Crippen LogP contribution in [0.3, 0.4) is 0 Å². The molecule has 0 spiro atoms. The van der Waals surface area contributed by atoms with E-state index in [0.29, 0.717) is 11.5 Å². The van der Waals surface area contributed by atoms with Crippen LogP contribution in [0.25, 0.3) is 0 Å². The van der Waals surface area contributed by atoms with Crippen molar-refractivity contribution in [1.82, 2.24) is 14.2 Å². The van der Waals surface area contributed by atoms with Gasteiger partial charge in [-0.05, 0) is 74.7 Å². The van der Waals surface area contributed by atoms with E-state index in [4.69, 9.17) is 28.0 Å². The summed E-state index contributed by atoms with van der Waals surface area (Å²) in [6.45, 7) is 9.90. The van der Waals surface area contributed by atoms with Crippen LogP contribution in [0.15, 0.2) is 95.9 Å². The lowest BCUT2D eigenvalue weighted by molar-refractivity contribution is -0.114. The van der Waals surface area contributed by atoms with E-state index in [1.807, 2.05) is 78.9 Å². The Kier molecular flexibility index (Phi) is 14.5. The number of anilines is 1. The number of nitrogens with zero attached hydrogens (tertiary/aromatic N) is 4. The normalized spacial score (nSPS) is 17.7. The molecule has 0 radical (unpaired) electrons. The first-order chi connectivity index (χ1) is 26.5. The summed E-state index contributed by atoms with van der Waals surface area (Å²) in [5.74, 6) is 1.18. The molecule has 4 aromatic rings. The largest absolute Gasteiger partial charge is 0.497 e. The number of benzene rings is 3. The summed E-state index contributed by atoms with van der Waals surface area (Å²) in [5.41, 5.74) is 0.747. The molecule has 1 amide bonds. The van der Waals surface area contributed by atoms with Crippen molar-refractivity contribution in [3.05, 3.63) is 118 Å². The third-order valence-corrected chi connectivity index (χ3v) is 11.2. The average molecular weight is 772 g/mol. The molecular weight excluding hydrogens is 721 g/mol. The van der Waals surface area contributed by atoms with Crippen molar-refractivity contribution in [2.75, 3.05) is 32.8 Å². The SMILES string of the molecule is COc1ccc(C(O[C@H]2C[C@H](n3ccc(NC(C)=O)nc3=O)O[C@@H]2COP(OCCC#N)N(C(C)C)C(C)C)(c2ccccc2)c2ccc(OC)cc2)cc1. The maximum Gasteiger partial charge on any atom is 0.351 e. The number of hydrogen-bond acceptors (Lipinski definition) is 11. The second-order valence-electron chi connectivity index (χ2n) is 13.6. The Hall–Kier alpha value is -4.67. The maximum absolute atomic E-state index is 13.4. The number of nitrogens with one attached hydrogen (secondary N) is 1. The van der Waals surface area contributed by atoms with Gasteiger partial charge in [-0.25, -0.2) is 9.46 Å². The maximum atomic E-state index is 13.4. The molecule has 0 saturated carbocycles. The molecule has 0 aliphatic carbocycles. The van der Waals surface area contributed by atoms with Crippen molar-refractivity contribution >= 4 is 20.3 Å². The fraction of sp³-hybridized carbons (Fsp3) is 0.415. The van der Waals surface area contributed by atoms with Gasteiger partial charge < -0.3 is 33.3 Å². The van der Waals surface area contributed by atoms with Crippen LogP contribution in [0.2, 0.25) is 0 Å². The number of nitriles is 1. The fourth-order valence-corrected chi connectivity index (χ4v) is 8.35. The molecule has 292 valence electrons. The smallest absolute Gasteiger partial charge is 0.351 e. The van der Waals surface area contributed by atoms with E-state index in [-0.39, 0.29) is 49.9 Å². The van der Waals surface area contributed by atoms with Gasteiger partial charge in [-0.1, -0.05) is 54.6 Å². The molecule has 0 bridgehead atoms. The zero-order valence-corrected chi connectivity index (χ0v) is 33.3. The van der Waals surface area contributed by atoms with E-state index in [0.717, 1.165) is 16.7 Å². The van der Waals surface area contributed by atoms with Crippen molar-refractivity contribution in [3.8, 4) is 17.6 Å². The van der Waals surface area contributed by atoms with Gasteiger partial charge in [0.25, 0.3) is 8.53 Å². The first-order valence-electron chi connectivity index (χ1n) is 18.3. The van der Waals surface area contributed by atoms with Crippen molar-refractivity contribution in [2.45, 2.75) is 83.6 Å². The molecule has 5 rings (SSSR count). The van der Waals surface area contributed by atoms with E-state index < -0.39 is 38.3 Å². The Morgan fingerprint density at radius 3 is 2.04 bits per heavy atom. The zero-order valence-electron chi connectivity index (χ0n) is 32.4. The highest BCUT2D eigenvalue weighted by Gasteiger charge is 2.47. The van der Waals surface area contributed by atoms with Crippen LogP contribution in [-0.2, 0) is 28.9 Å². The number of hydrogen-bond donors (Lipinski definition) is 1. The molecule has 1 aromatic heterocycles. The highest BCUT2D eigenvalue weighted by Crippen LogP contribution is 2.49. The molecule has 3 aromatic carbocycles. The number of amides is 1. The van der Waals surface area contributed by atoms with Gasteiger partial charge in [0.15, 0.2) is 0 Å². The number of ether oxygens (including phenoxy) is 4. The minimum absolute atomic E-state index is 0.0532. The summed E-state index contributed by atoms with van der Waals surface area (Å²) < 4.78 is 41.6. The molecule has 1 aliphatic heterocycles. The van der Waals surface area contributed by atoms with E-state index in [1.165, 1.54) is 11.5 Å². The van der Waals surface area contributed by atoms with Crippen molar-refractivity contribution in [1.29, 1.82) is 5.26 Å². The van der Waals surface area contributed by atoms with Crippen LogP contribution in [0.5, 0.6) is 11.5 Å². The van der Waals surface area contributed by atoms with Crippen LogP contribution in [0.1, 0.15) is 70.4 Å². The highest BCUT2D eigenvalue weighted by atomic mass is 31.2. The summed E-state index contributed by atoms with van der Waals surface area (Å²) in [4.78, 5) is 29.2. The quantitative estimate of drug-likeness (QED) is 0.0624. The van der Waals surface area contributed by atoms with Crippen molar-refractivity contribution in [3.63, 3.8) is 0 Å². The first kappa shape index (κ1) is 41.5. The lowest BCUT2D eigenvalue weighted by Crippen LogP contribution is -2.41. The van der Waals surface area contributed by atoms with E-state index >= 15 is 0 Å². The van der Waals surface area contributed by atoms with Crippen LogP contribution < -0.4 is 20.5 Å². The number of rotatable bonds is 18. The van der Waals surface area contributed by atoms with Gasteiger partial charge >= 0.3 is 5.69 Å². The molecule has 1 aliphatic rings. The van der Waals surface area contributed by atoms with Crippen LogP contribution >= 0.6 is 8.53 Å². The predicted octanol–water partition coefficient (Wildman–Crippen LogP) is 7.18. The van der Waals surface area contributed by atoms with Crippen molar-refractivity contribution < 1.29 is 32.8 Å². The Labute approximate surface area is 324 Å². The Bertz CT molecular complexity index is 1880. The summed E-state index contributed by atoms with van der Waals surface area (Å²) in [7, 11) is 1.63. The molecular formula is C41H50N5O8P. The topological polar surface area (TPSA) is 146 Å². The molecule has 14 heteroatoms. The minimum Gasteiger partial charge on any atom is -0.497 e. The predicted molar refractivity (Wildman–Crippen MR) is 210 cm³/mol. The lowest BCUT2D eigenvalue weighted by Gasteiger charge is -2.40. The molecule has 1 unspecified atom stereocenters. The van der Waals surface area contributed by atoms with Gasteiger partial charge in [-0.15, -0.1) is 0 Å². The van der Waals surface area contributed by atoms with Gasteiger partial charge in [0, 0.05) is 31.6 Å². The molecule has 55 heavy (non-hydrogen) atoms. The summed E-state index contributed by atoms with van der Waals surface area (Å²) >= 11 is 0.